The van der Waals surface area contributed by atoms with Gasteiger partial charge in [-0.1, -0.05) is 27.2 Å². The van der Waals surface area contributed by atoms with Gasteiger partial charge in [0.2, 0.25) is 0 Å². The third-order valence-corrected chi connectivity index (χ3v) is 10.4. The fourth-order valence-corrected chi connectivity index (χ4v) is 7.22. The number of hydrogen-bond donors (Lipinski definition) is 3. The summed E-state index contributed by atoms with van der Waals surface area (Å²) in [5, 5.41) is 34.1. The molecule has 11 heteroatoms. The molecule has 0 aromatic heterocycles. The van der Waals surface area contributed by atoms with Gasteiger partial charge in [0.15, 0.2) is 12.1 Å². The molecule has 2 saturated heterocycles. The number of Topliss-reactive ketones (excluding diaryl/α,β-unsaturated/α-hetero) is 2. The van der Waals surface area contributed by atoms with Crippen molar-refractivity contribution in [3.63, 3.8) is 0 Å². The monoisotopic (exact) mass is 613 g/mol. The molecule has 3 fully saturated rings. The summed E-state index contributed by atoms with van der Waals surface area (Å²) in [6.45, 7) is 11.4. The highest BCUT2D eigenvalue weighted by Gasteiger charge is 2.53. The van der Waals surface area contributed by atoms with Crippen LogP contribution in [0.5, 0.6) is 0 Å². The Morgan fingerprint density at radius 1 is 0.953 bits per heavy atom. The Bertz CT molecular complexity index is 999. The number of ether oxygens (including phenoxy) is 4. The van der Waals surface area contributed by atoms with Gasteiger partial charge in [-0.2, -0.15) is 0 Å². The zero-order valence-electron chi connectivity index (χ0n) is 27.6. The average Bonchev–Trinajstić information content (AvgIpc) is 2.92. The molecular weight excluding hydrogens is 558 g/mol. The maximum Gasteiger partial charge on any atom is 0.316 e. The lowest BCUT2D eigenvalue weighted by atomic mass is 9.70. The van der Waals surface area contributed by atoms with Crippen molar-refractivity contribution >= 4 is 17.5 Å². The van der Waals surface area contributed by atoms with E-state index in [4.69, 9.17) is 18.9 Å². The van der Waals surface area contributed by atoms with Crippen molar-refractivity contribution in [3.05, 3.63) is 0 Å². The minimum atomic E-state index is -1.92. The van der Waals surface area contributed by atoms with Crippen molar-refractivity contribution in [2.75, 3.05) is 21.2 Å². The second-order valence-electron chi connectivity index (χ2n) is 14.1. The summed E-state index contributed by atoms with van der Waals surface area (Å²) in [7, 11) is 5.18. The van der Waals surface area contributed by atoms with Gasteiger partial charge in [-0.15, -0.1) is 0 Å². The highest BCUT2D eigenvalue weighted by atomic mass is 16.7. The molecule has 0 spiro atoms. The van der Waals surface area contributed by atoms with Crippen molar-refractivity contribution in [1.29, 1.82) is 0 Å². The number of likely N-dealkylation sites (N-methyl/N-ethyl adjacent to an activating group) is 1. The van der Waals surface area contributed by atoms with Crippen molar-refractivity contribution in [3.8, 4) is 0 Å². The third kappa shape index (κ3) is 7.34. The Balaban J connectivity index is 2.07. The first-order valence-corrected chi connectivity index (χ1v) is 15.8. The molecular formula is C32H55NO10. The first kappa shape index (κ1) is 36.0. The van der Waals surface area contributed by atoms with Gasteiger partial charge in [-0.3, -0.25) is 14.4 Å². The Labute approximate surface area is 256 Å². The van der Waals surface area contributed by atoms with Gasteiger partial charge in [-0.25, -0.2) is 0 Å². The Hall–Kier alpha value is -1.47. The second kappa shape index (κ2) is 13.9. The van der Waals surface area contributed by atoms with Crippen LogP contribution < -0.4 is 0 Å². The molecule has 3 rings (SSSR count). The molecule has 0 amide bonds. The van der Waals surface area contributed by atoms with Crippen molar-refractivity contribution in [2.45, 2.75) is 135 Å². The van der Waals surface area contributed by atoms with Gasteiger partial charge in [0.25, 0.3) is 0 Å². The number of aliphatic hydroxyl groups excluding tert-OH is 2. The smallest absolute Gasteiger partial charge is 0.316 e. The van der Waals surface area contributed by atoms with Crippen LogP contribution >= 0.6 is 0 Å². The summed E-state index contributed by atoms with van der Waals surface area (Å²) < 4.78 is 24.4. The molecule has 248 valence electrons. The number of esters is 1. The molecule has 2 heterocycles. The molecule has 3 N–H and O–H groups in total. The number of hydrogen-bond acceptors (Lipinski definition) is 11. The normalized spacial score (nSPS) is 46.3. The topological polar surface area (TPSA) is 152 Å². The molecule has 0 bridgehead atoms. The van der Waals surface area contributed by atoms with Gasteiger partial charge in [0, 0.05) is 30.9 Å². The Morgan fingerprint density at radius 2 is 1.56 bits per heavy atom. The first-order valence-electron chi connectivity index (χ1n) is 15.8. The van der Waals surface area contributed by atoms with E-state index in [2.05, 4.69) is 0 Å². The number of ketones is 2. The van der Waals surface area contributed by atoms with Crippen LogP contribution in [0.25, 0.3) is 0 Å². The van der Waals surface area contributed by atoms with Crippen LogP contribution in [0.3, 0.4) is 0 Å². The summed E-state index contributed by atoms with van der Waals surface area (Å²) in [6.07, 6.45) is -3.07. The SMILES string of the molecule is CO[C@@]1(C)C[C@@H](C)C(=O)[C@@H](C)[C@@H](O)[C@](C)(O)C(C2CCC2)OC(=O)[C@H](C)C(=O)[C@H](C)[C@H]1OC1O[C@H](C)C[C@H](N(C)C)[C@H]1O. The van der Waals surface area contributed by atoms with Crippen LogP contribution in [-0.4, -0.2) is 113 Å². The third-order valence-electron chi connectivity index (χ3n) is 10.4. The summed E-state index contributed by atoms with van der Waals surface area (Å²) in [6, 6.07) is -0.264. The van der Waals surface area contributed by atoms with E-state index in [-0.39, 0.29) is 30.3 Å². The van der Waals surface area contributed by atoms with Gasteiger partial charge in [0.05, 0.1) is 23.9 Å². The number of carbonyl (C=O) groups excluding carboxylic acids is 3. The number of aliphatic hydroxyl groups is 3. The number of carbonyl (C=O) groups is 3. The predicted octanol–water partition coefficient (Wildman–Crippen LogP) is 2.11. The minimum absolute atomic E-state index is 0.101. The molecule has 1 aliphatic carbocycles. The maximum absolute atomic E-state index is 14.0. The van der Waals surface area contributed by atoms with Crippen LogP contribution in [0.4, 0.5) is 0 Å². The van der Waals surface area contributed by atoms with Gasteiger partial charge in [-0.05, 0) is 73.4 Å². The molecule has 2 aliphatic heterocycles. The molecule has 0 radical (unpaired) electrons. The molecule has 11 nitrogen and oxygen atoms in total. The molecule has 13 atom stereocenters. The van der Waals surface area contributed by atoms with Crippen LogP contribution in [0.1, 0.15) is 80.6 Å². The number of rotatable bonds is 5. The lowest BCUT2D eigenvalue weighted by Crippen LogP contribution is -2.61. The van der Waals surface area contributed by atoms with Gasteiger partial charge in [0.1, 0.15) is 29.5 Å². The molecule has 1 saturated carbocycles. The van der Waals surface area contributed by atoms with E-state index in [0.717, 1.165) is 6.42 Å². The lowest BCUT2D eigenvalue weighted by Gasteiger charge is -2.47. The quantitative estimate of drug-likeness (QED) is 0.309. The molecule has 2 unspecified atom stereocenters. The average molecular weight is 614 g/mol. The van der Waals surface area contributed by atoms with Gasteiger partial charge < -0.3 is 39.2 Å². The first-order chi connectivity index (χ1) is 19.9. The largest absolute Gasteiger partial charge is 0.458 e. The standard InChI is InChI=1S/C32H55NO10/c1-16-15-31(6,40-10)27(43-30-25(36)22(33(8)9)14-17(2)41-30)19(4)24(35)20(5)29(38)42-28(21-12-11-13-21)32(7,39)26(37)18(3)23(16)34/h16-22,25-28,30,36-37,39H,11-15H2,1-10H3/t16-,17-,18-,19+,20-,22+,25-,26-,27-,28?,30?,31+,32+/m1/s1. The summed E-state index contributed by atoms with van der Waals surface area (Å²) in [4.78, 5) is 43.1. The van der Waals surface area contributed by atoms with Crippen molar-refractivity contribution < 1.29 is 48.7 Å². The fourth-order valence-electron chi connectivity index (χ4n) is 7.22. The lowest BCUT2D eigenvalue weighted by molar-refractivity contribution is -0.295. The zero-order chi connectivity index (χ0) is 32.6. The van der Waals surface area contributed by atoms with E-state index >= 15 is 0 Å². The van der Waals surface area contributed by atoms with Crippen LogP contribution in [-0.2, 0) is 33.3 Å². The van der Waals surface area contributed by atoms with E-state index in [1.807, 2.05) is 25.9 Å². The molecule has 0 aromatic carbocycles. The van der Waals surface area contributed by atoms with Crippen LogP contribution in [0.2, 0.25) is 0 Å². The number of nitrogens with zero attached hydrogens (tertiary/aromatic N) is 1. The van der Waals surface area contributed by atoms with E-state index in [1.165, 1.54) is 21.0 Å². The van der Waals surface area contributed by atoms with Crippen molar-refractivity contribution in [1.82, 2.24) is 4.90 Å². The van der Waals surface area contributed by atoms with E-state index in [0.29, 0.717) is 19.3 Å². The molecule has 0 aromatic rings. The summed E-state index contributed by atoms with van der Waals surface area (Å²) >= 11 is 0. The van der Waals surface area contributed by atoms with Crippen molar-refractivity contribution in [2.24, 2.45) is 29.6 Å². The predicted molar refractivity (Wildman–Crippen MR) is 158 cm³/mol. The molecule has 3 aliphatic rings. The Kier molecular flexibility index (Phi) is 11.6. The Morgan fingerprint density at radius 3 is 2.07 bits per heavy atom. The van der Waals surface area contributed by atoms with E-state index in [9.17, 15) is 29.7 Å². The highest BCUT2D eigenvalue weighted by molar-refractivity contribution is 6.00. The van der Waals surface area contributed by atoms with E-state index in [1.54, 1.807) is 27.7 Å². The van der Waals surface area contributed by atoms with Gasteiger partial charge >= 0.3 is 5.97 Å². The van der Waals surface area contributed by atoms with Crippen LogP contribution in [0.15, 0.2) is 0 Å². The minimum Gasteiger partial charge on any atom is -0.458 e. The second-order valence-corrected chi connectivity index (χ2v) is 14.1. The van der Waals surface area contributed by atoms with Crippen LogP contribution in [0, 0.1) is 29.6 Å². The fraction of sp³-hybridized carbons (Fsp3) is 0.906. The highest BCUT2D eigenvalue weighted by Crippen LogP contribution is 2.41. The maximum atomic E-state index is 14.0. The summed E-state index contributed by atoms with van der Waals surface area (Å²) in [5.74, 6) is -5.63. The zero-order valence-corrected chi connectivity index (χ0v) is 27.6. The number of methoxy groups -OCH3 is 1. The van der Waals surface area contributed by atoms with E-state index < -0.39 is 77.3 Å². The summed E-state index contributed by atoms with van der Waals surface area (Å²) in [5.41, 5.74) is -3.17. The molecule has 43 heavy (non-hydrogen) atoms. The number of cyclic esters (lactones) is 1.